The Labute approximate surface area is 182 Å². The average Bonchev–Trinajstić information content (AvgIpc) is 2.75. The third-order valence-corrected chi connectivity index (χ3v) is 5.06. The number of aromatic nitrogens is 3. The topological polar surface area (TPSA) is 57.0 Å². The van der Waals surface area contributed by atoms with Crippen LogP contribution in [-0.4, -0.2) is 21.1 Å². The summed E-state index contributed by atoms with van der Waals surface area (Å²) in [7, 11) is 0. The number of unbranched alkanes of at least 4 members (excludes halogenated alkanes) is 1. The van der Waals surface area contributed by atoms with E-state index >= 15 is 0 Å². The number of pyridine rings is 1. The molecule has 4 rings (SSSR count). The fourth-order valence-electron chi connectivity index (χ4n) is 3.48. The van der Waals surface area contributed by atoms with Crippen LogP contribution in [0.2, 0.25) is 0 Å². The van der Waals surface area contributed by atoms with Gasteiger partial charge in [-0.1, -0.05) is 19.4 Å². The van der Waals surface area contributed by atoms with Gasteiger partial charge >= 0.3 is 6.01 Å². The van der Waals surface area contributed by atoms with Crippen LogP contribution in [-0.2, 0) is 0 Å². The molecule has 0 spiro atoms. The second kappa shape index (κ2) is 8.82. The fourth-order valence-corrected chi connectivity index (χ4v) is 3.48. The van der Waals surface area contributed by atoms with Crippen molar-refractivity contribution in [1.82, 2.24) is 14.5 Å². The van der Waals surface area contributed by atoms with Crippen LogP contribution in [0.3, 0.4) is 0 Å². The van der Waals surface area contributed by atoms with Crippen molar-refractivity contribution in [2.45, 2.75) is 26.7 Å². The van der Waals surface area contributed by atoms with Gasteiger partial charge < -0.3 is 4.74 Å². The Morgan fingerprint density at radius 1 is 1.00 bits per heavy atom. The summed E-state index contributed by atoms with van der Waals surface area (Å²) in [5.41, 5.74) is 0.327. The minimum atomic E-state index is -0.911. The monoisotopic (exact) mass is 439 g/mol. The maximum atomic E-state index is 14.6. The van der Waals surface area contributed by atoms with Crippen molar-refractivity contribution in [2.24, 2.45) is 0 Å². The van der Waals surface area contributed by atoms with Crippen molar-refractivity contribution >= 4 is 11.0 Å². The predicted molar refractivity (Wildman–Crippen MR) is 116 cm³/mol. The molecule has 0 atom stereocenters. The summed E-state index contributed by atoms with van der Waals surface area (Å²) in [6, 6.07) is 10.2. The highest BCUT2D eigenvalue weighted by Crippen LogP contribution is 2.31. The number of nitrogens with zero attached hydrogens (tertiary/aromatic N) is 3. The largest absolute Gasteiger partial charge is 0.463 e. The SMILES string of the molecule is CCCCOc1nc(-c2ccc(F)cc2C)c2ccc(=O)n(-c3c(F)cccc3F)c2n1. The van der Waals surface area contributed by atoms with E-state index in [2.05, 4.69) is 9.97 Å². The summed E-state index contributed by atoms with van der Waals surface area (Å²) >= 11 is 0. The minimum Gasteiger partial charge on any atom is -0.463 e. The lowest BCUT2D eigenvalue weighted by atomic mass is 10.0. The number of hydrogen-bond donors (Lipinski definition) is 0. The molecule has 0 unspecified atom stereocenters. The van der Waals surface area contributed by atoms with E-state index in [-0.39, 0.29) is 11.7 Å². The van der Waals surface area contributed by atoms with E-state index in [9.17, 15) is 18.0 Å². The van der Waals surface area contributed by atoms with Crippen molar-refractivity contribution in [3.63, 3.8) is 0 Å². The number of fused-ring (bicyclic) bond motifs is 1. The minimum absolute atomic E-state index is 0.0123. The van der Waals surface area contributed by atoms with Gasteiger partial charge in [-0.3, -0.25) is 9.36 Å². The van der Waals surface area contributed by atoms with Crippen LogP contribution in [0.15, 0.2) is 53.3 Å². The molecule has 0 saturated carbocycles. The molecule has 2 aromatic heterocycles. The van der Waals surface area contributed by atoms with Gasteiger partial charge in [-0.2, -0.15) is 9.97 Å². The lowest BCUT2D eigenvalue weighted by Gasteiger charge is -2.15. The van der Waals surface area contributed by atoms with Crippen molar-refractivity contribution < 1.29 is 17.9 Å². The Kier molecular flexibility index (Phi) is 5.94. The summed E-state index contributed by atoms with van der Waals surface area (Å²) in [5.74, 6) is -2.23. The quantitative estimate of drug-likeness (QED) is 0.380. The van der Waals surface area contributed by atoms with Crippen LogP contribution in [0.4, 0.5) is 13.2 Å². The molecule has 0 aliphatic rings. The molecule has 0 aliphatic carbocycles. The van der Waals surface area contributed by atoms with Gasteiger partial charge in [-0.15, -0.1) is 0 Å². The van der Waals surface area contributed by atoms with Gasteiger partial charge in [0.15, 0.2) is 5.65 Å². The van der Waals surface area contributed by atoms with Gasteiger partial charge in [0.25, 0.3) is 5.56 Å². The molecule has 8 heteroatoms. The molecule has 2 aromatic carbocycles. The molecule has 0 amide bonds. The van der Waals surface area contributed by atoms with Crippen molar-refractivity contribution in [3.8, 4) is 23.0 Å². The molecular formula is C24H20F3N3O2. The maximum Gasteiger partial charge on any atom is 0.318 e. The lowest BCUT2D eigenvalue weighted by molar-refractivity contribution is 0.286. The van der Waals surface area contributed by atoms with Gasteiger partial charge in [-0.05, 0) is 55.3 Å². The van der Waals surface area contributed by atoms with Gasteiger partial charge in [0.05, 0.1) is 12.3 Å². The summed E-state index contributed by atoms with van der Waals surface area (Å²) in [5, 5.41) is 0.366. The van der Waals surface area contributed by atoms with Gasteiger partial charge in [0, 0.05) is 17.0 Å². The van der Waals surface area contributed by atoms with E-state index in [0.717, 1.165) is 29.5 Å². The van der Waals surface area contributed by atoms with Crippen LogP contribution >= 0.6 is 0 Å². The zero-order valence-corrected chi connectivity index (χ0v) is 17.5. The average molecular weight is 439 g/mol. The van der Waals surface area contributed by atoms with Crippen LogP contribution in [0, 0.1) is 24.4 Å². The van der Waals surface area contributed by atoms with Crippen molar-refractivity contribution in [3.05, 3.63) is 81.9 Å². The molecule has 4 aromatic rings. The first-order valence-electron chi connectivity index (χ1n) is 10.2. The zero-order valence-electron chi connectivity index (χ0n) is 17.5. The smallest absolute Gasteiger partial charge is 0.318 e. The standard InChI is InChI=1S/C24H20F3N3O2/c1-3-4-12-32-24-28-21(16-9-8-15(25)13-14(16)2)17-10-11-20(31)30(23(17)29-24)22-18(26)6-5-7-19(22)27/h5-11,13H,3-4,12H2,1-2H3. The molecule has 0 fully saturated rings. The molecule has 0 N–H and O–H groups in total. The van der Waals surface area contributed by atoms with E-state index in [1.807, 2.05) is 6.92 Å². The number of ether oxygens (including phenoxy) is 1. The number of rotatable bonds is 6. The lowest BCUT2D eigenvalue weighted by Crippen LogP contribution is -2.21. The molecule has 5 nitrogen and oxygen atoms in total. The van der Waals surface area contributed by atoms with Crippen LogP contribution < -0.4 is 10.3 Å². The molecule has 164 valence electrons. The second-order valence-corrected chi connectivity index (χ2v) is 7.33. The normalized spacial score (nSPS) is 11.2. The van der Waals surface area contributed by atoms with Gasteiger partial charge in [-0.25, -0.2) is 13.2 Å². The number of halogens is 3. The Morgan fingerprint density at radius 2 is 1.75 bits per heavy atom. The summed E-state index contributed by atoms with van der Waals surface area (Å²) in [6.45, 7) is 4.04. The first-order chi connectivity index (χ1) is 15.4. The molecule has 0 aliphatic heterocycles. The number of benzene rings is 2. The molecule has 32 heavy (non-hydrogen) atoms. The third kappa shape index (κ3) is 3.95. The molecule has 0 radical (unpaired) electrons. The van der Waals surface area contributed by atoms with Gasteiger partial charge in [0.2, 0.25) is 0 Å². The molecule has 0 saturated heterocycles. The Morgan fingerprint density at radius 3 is 2.44 bits per heavy atom. The van der Waals surface area contributed by atoms with E-state index in [1.54, 1.807) is 13.0 Å². The molecule has 0 bridgehead atoms. The van der Waals surface area contributed by atoms with E-state index < -0.39 is 28.7 Å². The summed E-state index contributed by atoms with van der Waals surface area (Å²) < 4.78 is 49.5. The zero-order chi connectivity index (χ0) is 22.8. The first-order valence-corrected chi connectivity index (χ1v) is 10.2. The van der Waals surface area contributed by atoms with Crippen molar-refractivity contribution in [1.29, 1.82) is 0 Å². The molecular weight excluding hydrogens is 419 g/mol. The highest BCUT2D eigenvalue weighted by molar-refractivity contribution is 5.92. The Balaban J connectivity index is 2.07. The van der Waals surface area contributed by atoms with Crippen LogP contribution in [0.1, 0.15) is 25.3 Å². The van der Waals surface area contributed by atoms with E-state index in [4.69, 9.17) is 4.74 Å². The third-order valence-electron chi connectivity index (χ3n) is 5.06. The highest BCUT2D eigenvalue weighted by Gasteiger charge is 2.20. The van der Waals surface area contributed by atoms with Gasteiger partial charge in [0.1, 0.15) is 23.1 Å². The maximum absolute atomic E-state index is 14.6. The predicted octanol–water partition coefficient (Wildman–Crippen LogP) is 5.35. The Hall–Kier alpha value is -3.68. The number of aryl methyl sites for hydroxylation is 1. The van der Waals surface area contributed by atoms with E-state index in [1.165, 1.54) is 30.3 Å². The highest BCUT2D eigenvalue weighted by atomic mass is 19.1. The summed E-state index contributed by atoms with van der Waals surface area (Å²) in [6.07, 6.45) is 1.62. The van der Waals surface area contributed by atoms with Crippen LogP contribution in [0.5, 0.6) is 6.01 Å². The van der Waals surface area contributed by atoms with Crippen LogP contribution in [0.25, 0.3) is 28.0 Å². The number of para-hydroxylation sites is 1. The second-order valence-electron chi connectivity index (χ2n) is 7.33. The Bertz CT molecular complexity index is 1350. The van der Waals surface area contributed by atoms with Crippen molar-refractivity contribution in [2.75, 3.05) is 6.61 Å². The fraction of sp³-hybridized carbons (Fsp3) is 0.208. The summed E-state index contributed by atoms with van der Waals surface area (Å²) in [4.78, 5) is 21.6. The molecule has 2 heterocycles. The first kappa shape index (κ1) is 21.5. The van der Waals surface area contributed by atoms with E-state index in [0.29, 0.717) is 28.8 Å². The number of hydrogen-bond acceptors (Lipinski definition) is 4.